The van der Waals surface area contributed by atoms with Crippen molar-refractivity contribution in [3.05, 3.63) is 67.1 Å². The average Bonchev–Trinajstić information content (AvgIpc) is 3.18. The third kappa shape index (κ3) is 3.36. The topological polar surface area (TPSA) is 52.0 Å². The van der Waals surface area contributed by atoms with Crippen LogP contribution in [-0.2, 0) is 0 Å². The van der Waals surface area contributed by atoms with Crippen molar-refractivity contribution in [2.45, 2.75) is 19.9 Å². The average molecular weight is 357 g/mol. The Morgan fingerprint density at radius 1 is 1.19 bits per heavy atom. The molecule has 2 aromatic heterocycles. The molecule has 4 rings (SSSR count). The van der Waals surface area contributed by atoms with Crippen molar-refractivity contribution in [2.75, 3.05) is 12.4 Å². The molecule has 2 heterocycles. The van der Waals surface area contributed by atoms with Gasteiger partial charge in [0.2, 0.25) is 0 Å². The SMILES string of the molecule is COc1c[c]ccc1Nc1cc2c(-c3cnn(C(C)C)c3)cccc2cn1. The molecule has 4 aromatic rings. The minimum absolute atomic E-state index is 0.329. The van der Waals surface area contributed by atoms with Crippen molar-refractivity contribution in [1.29, 1.82) is 0 Å². The van der Waals surface area contributed by atoms with Crippen molar-refractivity contribution in [2.24, 2.45) is 0 Å². The first-order valence-corrected chi connectivity index (χ1v) is 8.90. The zero-order chi connectivity index (χ0) is 18.8. The zero-order valence-corrected chi connectivity index (χ0v) is 15.6. The van der Waals surface area contributed by atoms with E-state index in [4.69, 9.17) is 4.74 Å². The summed E-state index contributed by atoms with van der Waals surface area (Å²) in [5, 5.41) is 10.0. The smallest absolute Gasteiger partial charge is 0.142 e. The number of nitrogens with one attached hydrogen (secondary N) is 1. The Kier molecular flexibility index (Phi) is 4.50. The molecule has 0 bridgehead atoms. The van der Waals surface area contributed by atoms with Gasteiger partial charge in [0, 0.05) is 29.4 Å². The van der Waals surface area contributed by atoms with Gasteiger partial charge in [-0.2, -0.15) is 5.10 Å². The van der Waals surface area contributed by atoms with E-state index in [0.717, 1.165) is 39.2 Å². The third-order valence-electron chi connectivity index (χ3n) is 4.51. The molecule has 0 amide bonds. The Balaban J connectivity index is 1.77. The molecule has 1 N–H and O–H groups in total. The third-order valence-corrected chi connectivity index (χ3v) is 4.51. The Labute approximate surface area is 158 Å². The normalized spacial score (nSPS) is 11.1. The molecule has 0 spiro atoms. The first-order chi connectivity index (χ1) is 13.2. The molecule has 0 atom stereocenters. The van der Waals surface area contributed by atoms with E-state index in [1.165, 1.54) is 0 Å². The number of pyridine rings is 1. The van der Waals surface area contributed by atoms with Crippen LogP contribution in [0.25, 0.3) is 21.9 Å². The Hall–Kier alpha value is -3.34. The monoisotopic (exact) mass is 357 g/mol. The summed E-state index contributed by atoms with van der Waals surface area (Å²) in [6.07, 6.45) is 5.89. The maximum atomic E-state index is 5.39. The van der Waals surface area contributed by atoms with Crippen molar-refractivity contribution in [1.82, 2.24) is 14.8 Å². The summed E-state index contributed by atoms with van der Waals surface area (Å²) >= 11 is 0. The van der Waals surface area contributed by atoms with Crippen LogP contribution in [0.5, 0.6) is 5.75 Å². The highest BCUT2D eigenvalue weighted by molar-refractivity contribution is 5.97. The number of aromatic nitrogens is 3. The molecule has 2 aromatic carbocycles. The Bertz CT molecular complexity index is 1080. The number of hydrogen-bond acceptors (Lipinski definition) is 4. The highest BCUT2D eigenvalue weighted by Gasteiger charge is 2.10. The molecule has 1 radical (unpaired) electrons. The summed E-state index contributed by atoms with van der Waals surface area (Å²) in [6, 6.07) is 17.2. The molecule has 0 saturated carbocycles. The molecule has 0 fully saturated rings. The van der Waals surface area contributed by atoms with Crippen LogP contribution >= 0.6 is 0 Å². The summed E-state index contributed by atoms with van der Waals surface area (Å²) in [5.41, 5.74) is 3.09. The fraction of sp³-hybridized carbons (Fsp3) is 0.182. The molecule has 0 aliphatic rings. The van der Waals surface area contributed by atoms with E-state index in [-0.39, 0.29) is 0 Å². The highest BCUT2D eigenvalue weighted by atomic mass is 16.5. The lowest BCUT2D eigenvalue weighted by Crippen LogP contribution is -1.99. The van der Waals surface area contributed by atoms with Gasteiger partial charge in [-0.1, -0.05) is 24.3 Å². The summed E-state index contributed by atoms with van der Waals surface area (Å²) in [6.45, 7) is 4.24. The van der Waals surface area contributed by atoms with E-state index in [9.17, 15) is 0 Å². The van der Waals surface area contributed by atoms with Crippen LogP contribution in [0.4, 0.5) is 11.5 Å². The fourth-order valence-electron chi connectivity index (χ4n) is 3.07. The van der Waals surface area contributed by atoms with Gasteiger partial charge in [-0.25, -0.2) is 4.98 Å². The van der Waals surface area contributed by atoms with Crippen molar-refractivity contribution < 1.29 is 4.74 Å². The van der Waals surface area contributed by atoms with Gasteiger partial charge in [0.05, 0.1) is 19.0 Å². The van der Waals surface area contributed by atoms with Crippen LogP contribution in [0.1, 0.15) is 19.9 Å². The van der Waals surface area contributed by atoms with Crippen LogP contribution in [0.3, 0.4) is 0 Å². The number of methoxy groups -OCH3 is 1. The van der Waals surface area contributed by atoms with Crippen molar-refractivity contribution >= 4 is 22.3 Å². The molecule has 135 valence electrons. The largest absolute Gasteiger partial charge is 0.495 e. The number of fused-ring (bicyclic) bond motifs is 1. The van der Waals surface area contributed by atoms with Crippen molar-refractivity contribution in [3.8, 4) is 16.9 Å². The quantitative estimate of drug-likeness (QED) is 0.531. The lowest BCUT2D eigenvalue weighted by atomic mass is 10.0. The van der Waals surface area contributed by atoms with Gasteiger partial charge in [-0.15, -0.1) is 0 Å². The number of nitrogens with zero attached hydrogens (tertiary/aromatic N) is 3. The van der Waals surface area contributed by atoms with Gasteiger partial charge in [0.15, 0.2) is 0 Å². The molecule has 0 aliphatic carbocycles. The second-order valence-corrected chi connectivity index (χ2v) is 6.65. The summed E-state index contributed by atoms with van der Waals surface area (Å²) in [7, 11) is 1.65. The van der Waals surface area contributed by atoms with Gasteiger partial charge in [0.1, 0.15) is 11.6 Å². The minimum atomic E-state index is 0.329. The fourth-order valence-corrected chi connectivity index (χ4v) is 3.07. The van der Waals surface area contributed by atoms with Crippen LogP contribution in [0, 0.1) is 6.07 Å². The van der Waals surface area contributed by atoms with E-state index in [2.05, 4.69) is 65.8 Å². The molecule has 5 nitrogen and oxygen atoms in total. The first kappa shape index (κ1) is 17.1. The summed E-state index contributed by atoms with van der Waals surface area (Å²) in [4.78, 5) is 4.55. The number of hydrogen-bond donors (Lipinski definition) is 1. The van der Waals surface area contributed by atoms with E-state index >= 15 is 0 Å². The second-order valence-electron chi connectivity index (χ2n) is 6.65. The molecular weight excluding hydrogens is 336 g/mol. The summed E-state index contributed by atoms with van der Waals surface area (Å²) < 4.78 is 7.36. The van der Waals surface area contributed by atoms with Crippen LogP contribution in [0.15, 0.2) is 61.1 Å². The maximum absolute atomic E-state index is 5.39. The van der Waals surface area contributed by atoms with Crippen LogP contribution in [0.2, 0.25) is 0 Å². The van der Waals surface area contributed by atoms with Gasteiger partial charge in [-0.05, 0) is 49.1 Å². The van der Waals surface area contributed by atoms with E-state index in [0.29, 0.717) is 6.04 Å². The van der Waals surface area contributed by atoms with E-state index in [1.807, 2.05) is 29.2 Å². The first-order valence-electron chi connectivity index (χ1n) is 8.90. The molecular formula is C22H21N4O. The molecule has 0 unspecified atom stereocenters. The number of ether oxygens (including phenoxy) is 1. The molecule has 27 heavy (non-hydrogen) atoms. The van der Waals surface area contributed by atoms with Crippen molar-refractivity contribution in [3.63, 3.8) is 0 Å². The number of anilines is 2. The van der Waals surface area contributed by atoms with Crippen LogP contribution < -0.4 is 10.1 Å². The number of rotatable bonds is 5. The molecule has 5 heteroatoms. The minimum Gasteiger partial charge on any atom is -0.495 e. The van der Waals surface area contributed by atoms with Gasteiger partial charge < -0.3 is 10.1 Å². The van der Waals surface area contributed by atoms with E-state index < -0.39 is 0 Å². The second kappa shape index (κ2) is 7.11. The predicted octanol–water partition coefficient (Wildman–Crippen LogP) is 5.23. The predicted molar refractivity (Wildman–Crippen MR) is 108 cm³/mol. The van der Waals surface area contributed by atoms with Gasteiger partial charge in [0.25, 0.3) is 0 Å². The highest BCUT2D eigenvalue weighted by Crippen LogP contribution is 2.32. The Morgan fingerprint density at radius 3 is 2.85 bits per heavy atom. The zero-order valence-electron chi connectivity index (χ0n) is 15.6. The maximum Gasteiger partial charge on any atom is 0.142 e. The van der Waals surface area contributed by atoms with Crippen LogP contribution in [-0.4, -0.2) is 21.9 Å². The molecule has 0 aliphatic heterocycles. The van der Waals surface area contributed by atoms with Gasteiger partial charge in [-0.3, -0.25) is 4.68 Å². The van der Waals surface area contributed by atoms with E-state index in [1.54, 1.807) is 13.2 Å². The number of benzene rings is 2. The Morgan fingerprint density at radius 2 is 2.07 bits per heavy atom. The lowest BCUT2D eigenvalue weighted by molar-refractivity contribution is 0.416. The molecule has 0 saturated heterocycles. The standard InChI is InChI=1S/C22H21N4O/c1-15(2)26-14-17(13-24-26)18-8-6-7-16-12-23-22(11-19(16)18)25-20-9-4-5-10-21(20)27-3/h4,6-15H,1-3H3,(H,23,25). The lowest BCUT2D eigenvalue weighted by Gasteiger charge is -2.12. The summed E-state index contributed by atoms with van der Waals surface area (Å²) in [5.74, 6) is 1.49. The van der Waals surface area contributed by atoms with Gasteiger partial charge >= 0.3 is 0 Å².